The van der Waals surface area contributed by atoms with Crippen LogP contribution in [0.4, 0.5) is 0 Å². The summed E-state index contributed by atoms with van der Waals surface area (Å²) >= 11 is 0. The number of carbonyl (C=O) groups excluding carboxylic acids is 1. The highest BCUT2D eigenvalue weighted by Gasteiger charge is 2.08. The van der Waals surface area contributed by atoms with Crippen LogP contribution in [0.25, 0.3) is 0 Å². The Hall–Kier alpha value is -1.39. The smallest absolute Gasteiger partial charge is 0.338 e. The lowest BCUT2D eigenvalue weighted by atomic mass is 10.1. The Morgan fingerprint density at radius 1 is 1.47 bits per heavy atom. The lowest BCUT2D eigenvalue weighted by Crippen LogP contribution is -2.12. The van der Waals surface area contributed by atoms with Gasteiger partial charge in [0.2, 0.25) is 0 Å². The van der Waals surface area contributed by atoms with E-state index in [1.54, 1.807) is 31.2 Å². The highest BCUT2D eigenvalue weighted by Crippen LogP contribution is 2.13. The van der Waals surface area contributed by atoms with Crippen LogP contribution in [0.15, 0.2) is 24.3 Å². The van der Waals surface area contributed by atoms with Crippen molar-refractivity contribution in [3.8, 4) is 0 Å². The van der Waals surface area contributed by atoms with E-state index in [9.17, 15) is 9.90 Å². The van der Waals surface area contributed by atoms with Crippen molar-refractivity contribution in [1.82, 2.24) is 0 Å². The number of aliphatic hydroxyl groups excluding tert-OH is 1. The van der Waals surface area contributed by atoms with E-state index in [1.807, 2.05) is 0 Å². The van der Waals surface area contributed by atoms with E-state index in [0.29, 0.717) is 17.7 Å². The van der Waals surface area contributed by atoms with E-state index in [4.69, 9.17) is 10.5 Å². The Labute approximate surface area is 88.7 Å². The topological polar surface area (TPSA) is 72.5 Å². The molecule has 15 heavy (non-hydrogen) atoms. The fourth-order valence-corrected chi connectivity index (χ4v) is 1.19. The summed E-state index contributed by atoms with van der Waals surface area (Å²) in [5.41, 5.74) is 6.48. The van der Waals surface area contributed by atoms with Crippen LogP contribution in [0.2, 0.25) is 0 Å². The van der Waals surface area contributed by atoms with Gasteiger partial charge < -0.3 is 15.6 Å². The van der Waals surface area contributed by atoms with Gasteiger partial charge in [0.1, 0.15) is 0 Å². The van der Waals surface area contributed by atoms with Crippen molar-refractivity contribution in [3.63, 3.8) is 0 Å². The molecule has 0 heterocycles. The summed E-state index contributed by atoms with van der Waals surface area (Å²) in [5, 5.41) is 9.42. The maximum absolute atomic E-state index is 11.3. The summed E-state index contributed by atoms with van der Waals surface area (Å²) in [4.78, 5) is 11.3. The van der Waals surface area contributed by atoms with Crippen LogP contribution >= 0.6 is 0 Å². The minimum absolute atomic E-state index is 0.165. The van der Waals surface area contributed by atoms with E-state index >= 15 is 0 Å². The normalized spacial score (nSPS) is 12.2. The van der Waals surface area contributed by atoms with Crippen LogP contribution in [-0.4, -0.2) is 24.2 Å². The Bertz CT molecular complexity index is 321. The lowest BCUT2D eigenvalue weighted by Gasteiger charge is -2.08. The van der Waals surface area contributed by atoms with Crippen LogP contribution < -0.4 is 5.73 Å². The summed E-state index contributed by atoms with van der Waals surface area (Å²) in [7, 11) is 0. The SMILES string of the molecule is CCOC(=O)c1ccc([C@H](O)CN)cc1. The highest BCUT2D eigenvalue weighted by atomic mass is 16.5. The molecule has 3 N–H and O–H groups in total. The Morgan fingerprint density at radius 2 is 2.07 bits per heavy atom. The molecule has 1 rings (SSSR count). The van der Waals surface area contributed by atoms with E-state index in [-0.39, 0.29) is 12.5 Å². The molecule has 0 unspecified atom stereocenters. The number of carbonyl (C=O) groups is 1. The minimum Gasteiger partial charge on any atom is -0.462 e. The Balaban J connectivity index is 2.76. The third-order valence-electron chi connectivity index (χ3n) is 2.03. The summed E-state index contributed by atoms with van der Waals surface area (Å²) in [5.74, 6) is -0.355. The van der Waals surface area contributed by atoms with Gasteiger partial charge in [-0.2, -0.15) is 0 Å². The molecule has 0 aromatic heterocycles. The van der Waals surface area contributed by atoms with Crippen molar-refractivity contribution in [2.75, 3.05) is 13.2 Å². The second-order valence-electron chi connectivity index (χ2n) is 3.09. The number of benzene rings is 1. The Kier molecular flexibility index (Phi) is 4.27. The Morgan fingerprint density at radius 3 is 2.53 bits per heavy atom. The molecule has 0 radical (unpaired) electrons. The predicted octanol–water partition coefficient (Wildman–Crippen LogP) is 0.855. The first-order chi connectivity index (χ1) is 7.19. The van der Waals surface area contributed by atoms with Gasteiger partial charge in [-0.15, -0.1) is 0 Å². The number of rotatable bonds is 4. The molecule has 0 saturated carbocycles. The monoisotopic (exact) mass is 209 g/mol. The molecule has 4 heteroatoms. The first-order valence-electron chi connectivity index (χ1n) is 4.84. The molecule has 4 nitrogen and oxygen atoms in total. The average Bonchev–Trinajstić information content (AvgIpc) is 2.28. The second-order valence-corrected chi connectivity index (χ2v) is 3.09. The molecule has 1 aromatic carbocycles. The molecule has 0 amide bonds. The average molecular weight is 209 g/mol. The maximum atomic E-state index is 11.3. The van der Waals surface area contributed by atoms with Gasteiger partial charge in [-0.25, -0.2) is 4.79 Å². The van der Waals surface area contributed by atoms with Gasteiger partial charge in [0.15, 0.2) is 0 Å². The van der Waals surface area contributed by atoms with Gasteiger partial charge in [0.25, 0.3) is 0 Å². The van der Waals surface area contributed by atoms with Crippen molar-refractivity contribution >= 4 is 5.97 Å². The van der Waals surface area contributed by atoms with Crippen molar-refractivity contribution in [1.29, 1.82) is 0 Å². The van der Waals surface area contributed by atoms with Crippen LogP contribution in [0.3, 0.4) is 0 Å². The molecule has 0 spiro atoms. The van der Waals surface area contributed by atoms with Crippen molar-refractivity contribution in [3.05, 3.63) is 35.4 Å². The van der Waals surface area contributed by atoms with Crippen LogP contribution in [0, 0.1) is 0 Å². The third-order valence-corrected chi connectivity index (χ3v) is 2.03. The summed E-state index contributed by atoms with van der Waals surface area (Å²) in [6, 6.07) is 6.58. The second kappa shape index (κ2) is 5.48. The molecular weight excluding hydrogens is 194 g/mol. The van der Waals surface area contributed by atoms with Crippen LogP contribution in [-0.2, 0) is 4.74 Å². The number of nitrogens with two attached hydrogens (primary N) is 1. The molecule has 0 saturated heterocycles. The fourth-order valence-electron chi connectivity index (χ4n) is 1.19. The van der Waals surface area contributed by atoms with E-state index < -0.39 is 6.10 Å². The van der Waals surface area contributed by atoms with Gasteiger partial charge in [0, 0.05) is 6.54 Å². The van der Waals surface area contributed by atoms with Gasteiger partial charge in [0.05, 0.1) is 18.3 Å². The number of esters is 1. The third kappa shape index (κ3) is 3.04. The first-order valence-corrected chi connectivity index (χ1v) is 4.84. The fraction of sp³-hybridized carbons (Fsp3) is 0.364. The first kappa shape index (κ1) is 11.7. The molecular formula is C11H15NO3. The zero-order chi connectivity index (χ0) is 11.3. The summed E-state index contributed by atoms with van der Waals surface area (Å²) in [6.45, 7) is 2.27. The lowest BCUT2D eigenvalue weighted by molar-refractivity contribution is 0.0526. The van der Waals surface area contributed by atoms with Crippen LogP contribution in [0.1, 0.15) is 28.9 Å². The molecule has 0 aliphatic rings. The van der Waals surface area contributed by atoms with Crippen molar-refractivity contribution in [2.45, 2.75) is 13.0 Å². The van der Waals surface area contributed by atoms with E-state index in [0.717, 1.165) is 0 Å². The van der Waals surface area contributed by atoms with Gasteiger partial charge in [-0.3, -0.25) is 0 Å². The predicted molar refractivity (Wildman–Crippen MR) is 56.4 cm³/mol. The molecule has 0 aliphatic carbocycles. The van der Waals surface area contributed by atoms with Gasteiger partial charge in [-0.05, 0) is 24.6 Å². The molecule has 0 bridgehead atoms. The number of aliphatic hydroxyl groups is 1. The summed E-state index contributed by atoms with van der Waals surface area (Å²) in [6.07, 6.45) is -0.679. The minimum atomic E-state index is -0.679. The summed E-state index contributed by atoms with van der Waals surface area (Å²) < 4.78 is 4.83. The van der Waals surface area contributed by atoms with Crippen LogP contribution in [0.5, 0.6) is 0 Å². The maximum Gasteiger partial charge on any atom is 0.338 e. The number of hydrogen-bond donors (Lipinski definition) is 2. The standard InChI is InChI=1S/C11H15NO3/c1-2-15-11(14)9-5-3-8(4-6-9)10(13)7-12/h3-6,10,13H,2,7,12H2,1H3/t10-/m1/s1. The van der Waals surface area contributed by atoms with Gasteiger partial charge in [-0.1, -0.05) is 12.1 Å². The van der Waals surface area contributed by atoms with E-state index in [1.165, 1.54) is 0 Å². The molecule has 0 fully saturated rings. The molecule has 1 aromatic rings. The number of hydrogen-bond acceptors (Lipinski definition) is 4. The molecule has 82 valence electrons. The molecule has 0 aliphatic heterocycles. The molecule has 1 atom stereocenters. The van der Waals surface area contributed by atoms with Gasteiger partial charge >= 0.3 is 5.97 Å². The zero-order valence-electron chi connectivity index (χ0n) is 8.64. The quantitative estimate of drug-likeness (QED) is 0.721. The van der Waals surface area contributed by atoms with E-state index in [2.05, 4.69) is 0 Å². The highest BCUT2D eigenvalue weighted by molar-refractivity contribution is 5.89. The zero-order valence-corrected chi connectivity index (χ0v) is 8.64. The number of ether oxygens (including phenoxy) is 1. The largest absolute Gasteiger partial charge is 0.462 e. The van der Waals surface area contributed by atoms with Crippen molar-refractivity contribution < 1.29 is 14.6 Å². The van der Waals surface area contributed by atoms with Crippen molar-refractivity contribution in [2.24, 2.45) is 5.73 Å².